The first-order chi connectivity index (χ1) is 21.3. The second-order valence-electron chi connectivity index (χ2n) is 11.8. The van der Waals surface area contributed by atoms with Gasteiger partial charge in [-0.05, 0) is 54.5 Å². The van der Waals surface area contributed by atoms with E-state index in [2.05, 4.69) is 91.9 Å². The van der Waals surface area contributed by atoms with Gasteiger partial charge in [-0.2, -0.15) is 0 Å². The summed E-state index contributed by atoms with van der Waals surface area (Å²) in [7, 11) is 1.71. The van der Waals surface area contributed by atoms with Crippen molar-refractivity contribution in [2.24, 2.45) is 0 Å². The minimum atomic E-state index is 0.0139. The van der Waals surface area contributed by atoms with Gasteiger partial charge in [-0.1, -0.05) is 150 Å². The molecule has 234 valence electrons. The summed E-state index contributed by atoms with van der Waals surface area (Å²) in [5.74, 6) is 0.891. The second kappa shape index (κ2) is 22.6. The Kier molecular flexibility index (Phi) is 18.2. The summed E-state index contributed by atoms with van der Waals surface area (Å²) in [6.07, 6.45) is 22.3. The summed E-state index contributed by atoms with van der Waals surface area (Å²) in [5, 5.41) is 0. The molecule has 3 nitrogen and oxygen atoms in total. The van der Waals surface area contributed by atoms with Crippen LogP contribution in [-0.4, -0.2) is 19.3 Å². The Labute approximate surface area is 262 Å². The molecule has 43 heavy (non-hydrogen) atoms. The number of benzene rings is 3. The van der Waals surface area contributed by atoms with Crippen LogP contribution in [0.25, 0.3) is 0 Å². The van der Waals surface area contributed by atoms with Gasteiger partial charge < -0.3 is 14.2 Å². The lowest BCUT2D eigenvalue weighted by atomic mass is 10.0. The number of hydrogen-bond donors (Lipinski definition) is 0. The van der Waals surface area contributed by atoms with E-state index in [0.29, 0.717) is 13.2 Å². The standard InChI is InChI=1S/C40H56O3/c1-3-4-5-6-7-8-9-10-11-12-13-20-25-39(42-33-36-21-16-14-17-22-36)32-40(43-34-37-23-18-15-19-24-37)31-28-35-26-29-38(41-2)30-27-35/h14-27,29-30,39-40H,3-13,28,31-34H2,1-2H3/b25-20+/t39-,40-/m1/s1. The third-order valence-electron chi connectivity index (χ3n) is 8.12. The third kappa shape index (κ3) is 16.0. The fourth-order valence-corrected chi connectivity index (χ4v) is 5.41. The Morgan fingerprint density at radius 3 is 1.74 bits per heavy atom. The quantitative estimate of drug-likeness (QED) is 0.0774. The monoisotopic (exact) mass is 584 g/mol. The van der Waals surface area contributed by atoms with Crippen LogP contribution in [-0.2, 0) is 29.1 Å². The molecule has 0 heterocycles. The minimum Gasteiger partial charge on any atom is -0.497 e. The summed E-state index contributed by atoms with van der Waals surface area (Å²) in [5.41, 5.74) is 3.71. The summed E-state index contributed by atoms with van der Waals surface area (Å²) in [6, 6.07) is 29.4. The van der Waals surface area contributed by atoms with Gasteiger partial charge in [0.2, 0.25) is 0 Å². The van der Waals surface area contributed by atoms with E-state index in [1.807, 2.05) is 12.1 Å². The van der Waals surface area contributed by atoms with Crippen LogP contribution in [0.1, 0.15) is 107 Å². The number of unbranched alkanes of at least 4 members (excludes halogenated alkanes) is 10. The lowest BCUT2D eigenvalue weighted by molar-refractivity contribution is -0.0162. The molecule has 0 aliphatic rings. The first-order valence-electron chi connectivity index (χ1n) is 16.9. The maximum Gasteiger partial charge on any atom is 0.118 e. The Balaban J connectivity index is 1.53. The van der Waals surface area contributed by atoms with Gasteiger partial charge in [-0.25, -0.2) is 0 Å². The molecule has 2 atom stereocenters. The first kappa shape index (κ1) is 34.6. The smallest absolute Gasteiger partial charge is 0.118 e. The number of methoxy groups -OCH3 is 1. The highest BCUT2D eigenvalue weighted by Gasteiger charge is 2.17. The summed E-state index contributed by atoms with van der Waals surface area (Å²) >= 11 is 0. The zero-order valence-corrected chi connectivity index (χ0v) is 26.9. The van der Waals surface area contributed by atoms with Crippen molar-refractivity contribution < 1.29 is 14.2 Å². The summed E-state index contributed by atoms with van der Waals surface area (Å²) in [6.45, 7) is 3.51. The van der Waals surface area contributed by atoms with Gasteiger partial charge >= 0.3 is 0 Å². The van der Waals surface area contributed by atoms with E-state index in [4.69, 9.17) is 14.2 Å². The minimum absolute atomic E-state index is 0.0139. The Morgan fingerprint density at radius 2 is 1.16 bits per heavy atom. The molecule has 0 spiro atoms. The Hall–Kier alpha value is -2.88. The normalized spacial score (nSPS) is 12.9. The van der Waals surface area contributed by atoms with Crippen LogP contribution in [0, 0.1) is 0 Å². The molecule has 3 aromatic rings. The molecule has 0 radical (unpaired) electrons. The molecule has 0 N–H and O–H groups in total. The largest absolute Gasteiger partial charge is 0.497 e. The van der Waals surface area contributed by atoms with Gasteiger partial charge in [-0.3, -0.25) is 0 Å². The van der Waals surface area contributed by atoms with Crippen LogP contribution < -0.4 is 4.74 Å². The molecule has 0 bridgehead atoms. The third-order valence-corrected chi connectivity index (χ3v) is 8.12. The molecule has 0 unspecified atom stereocenters. The van der Waals surface area contributed by atoms with E-state index < -0.39 is 0 Å². The molecule has 3 aromatic carbocycles. The predicted molar refractivity (Wildman–Crippen MR) is 182 cm³/mol. The fraction of sp³-hybridized carbons (Fsp3) is 0.500. The van der Waals surface area contributed by atoms with Crippen molar-refractivity contribution in [1.29, 1.82) is 0 Å². The van der Waals surface area contributed by atoms with Gasteiger partial charge in [0.05, 0.1) is 32.5 Å². The lowest BCUT2D eigenvalue weighted by Gasteiger charge is -2.23. The molecule has 0 aliphatic heterocycles. The van der Waals surface area contributed by atoms with Crippen molar-refractivity contribution >= 4 is 0 Å². The zero-order valence-electron chi connectivity index (χ0n) is 26.9. The Morgan fingerprint density at radius 1 is 0.605 bits per heavy atom. The molecule has 0 aliphatic carbocycles. The lowest BCUT2D eigenvalue weighted by Crippen LogP contribution is -2.23. The molecular weight excluding hydrogens is 528 g/mol. The van der Waals surface area contributed by atoms with Crippen LogP contribution in [0.15, 0.2) is 97.1 Å². The number of hydrogen-bond acceptors (Lipinski definition) is 3. The van der Waals surface area contributed by atoms with Gasteiger partial charge in [0, 0.05) is 6.42 Å². The zero-order chi connectivity index (χ0) is 30.2. The van der Waals surface area contributed by atoms with Crippen molar-refractivity contribution in [1.82, 2.24) is 0 Å². The van der Waals surface area contributed by atoms with Crippen molar-refractivity contribution in [3.8, 4) is 5.75 Å². The van der Waals surface area contributed by atoms with Crippen molar-refractivity contribution in [2.45, 2.75) is 122 Å². The predicted octanol–water partition coefficient (Wildman–Crippen LogP) is 11.1. The van der Waals surface area contributed by atoms with Gasteiger partial charge in [-0.15, -0.1) is 0 Å². The number of allylic oxidation sites excluding steroid dienone is 1. The van der Waals surface area contributed by atoms with E-state index in [1.54, 1.807) is 7.11 Å². The molecular formula is C40H56O3. The van der Waals surface area contributed by atoms with Crippen LogP contribution in [0.3, 0.4) is 0 Å². The van der Waals surface area contributed by atoms with Crippen molar-refractivity contribution in [3.05, 3.63) is 114 Å². The average Bonchev–Trinajstić information content (AvgIpc) is 3.06. The SMILES string of the molecule is CCCCCCCCCCCC/C=C/[C@H](C[C@@H](CCc1ccc(OC)cc1)OCc1ccccc1)OCc1ccccc1. The van der Waals surface area contributed by atoms with E-state index in [0.717, 1.165) is 31.4 Å². The van der Waals surface area contributed by atoms with E-state index >= 15 is 0 Å². The second-order valence-corrected chi connectivity index (χ2v) is 11.8. The van der Waals surface area contributed by atoms with E-state index in [9.17, 15) is 0 Å². The van der Waals surface area contributed by atoms with Crippen LogP contribution >= 0.6 is 0 Å². The van der Waals surface area contributed by atoms with E-state index in [1.165, 1.54) is 80.9 Å². The summed E-state index contributed by atoms with van der Waals surface area (Å²) in [4.78, 5) is 0. The highest BCUT2D eigenvalue weighted by atomic mass is 16.5. The number of aryl methyl sites for hydroxylation is 1. The molecule has 0 saturated carbocycles. The van der Waals surface area contributed by atoms with Gasteiger partial charge in [0.25, 0.3) is 0 Å². The van der Waals surface area contributed by atoms with Crippen LogP contribution in [0.5, 0.6) is 5.75 Å². The van der Waals surface area contributed by atoms with Crippen molar-refractivity contribution in [3.63, 3.8) is 0 Å². The van der Waals surface area contributed by atoms with Gasteiger partial charge in [0.1, 0.15) is 5.75 Å². The fourth-order valence-electron chi connectivity index (χ4n) is 5.41. The van der Waals surface area contributed by atoms with Crippen LogP contribution in [0.4, 0.5) is 0 Å². The molecule has 0 amide bonds. The average molecular weight is 585 g/mol. The maximum absolute atomic E-state index is 6.55. The van der Waals surface area contributed by atoms with Crippen LogP contribution in [0.2, 0.25) is 0 Å². The molecule has 3 heteroatoms. The molecule has 0 fully saturated rings. The topological polar surface area (TPSA) is 27.7 Å². The Bertz CT molecular complexity index is 1080. The maximum atomic E-state index is 6.55. The van der Waals surface area contributed by atoms with Gasteiger partial charge in [0.15, 0.2) is 0 Å². The van der Waals surface area contributed by atoms with E-state index in [-0.39, 0.29) is 12.2 Å². The highest BCUT2D eigenvalue weighted by Crippen LogP contribution is 2.20. The number of rotatable bonds is 24. The molecule has 0 aromatic heterocycles. The highest BCUT2D eigenvalue weighted by molar-refractivity contribution is 5.27. The number of ether oxygens (including phenoxy) is 3. The van der Waals surface area contributed by atoms with Crippen molar-refractivity contribution in [2.75, 3.05) is 7.11 Å². The molecule has 3 rings (SSSR count). The summed E-state index contributed by atoms with van der Waals surface area (Å²) < 4.78 is 18.4. The first-order valence-corrected chi connectivity index (χ1v) is 16.9. The molecule has 0 saturated heterocycles.